The van der Waals surface area contributed by atoms with Gasteiger partial charge in [0, 0.05) is 27.2 Å². The van der Waals surface area contributed by atoms with Gasteiger partial charge in [-0.3, -0.25) is 4.79 Å². The van der Waals surface area contributed by atoms with Gasteiger partial charge in [0.2, 0.25) is 5.91 Å². The summed E-state index contributed by atoms with van der Waals surface area (Å²) < 4.78 is 7.19. The van der Waals surface area contributed by atoms with Crippen LogP contribution >= 0.6 is 34.4 Å². The fourth-order valence-corrected chi connectivity index (χ4v) is 6.01. The van der Waals surface area contributed by atoms with Gasteiger partial charge in [0.1, 0.15) is 5.00 Å². The molecular weight excluding hydrogens is 464 g/mol. The van der Waals surface area contributed by atoms with Crippen molar-refractivity contribution in [1.82, 2.24) is 14.8 Å². The highest BCUT2D eigenvalue weighted by atomic mass is 32.2. The Labute approximate surface area is 200 Å². The molecule has 0 unspecified atom stereocenters. The van der Waals surface area contributed by atoms with Crippen LogP contribution in [0.3, 0.4) is 0 Å². The molecule has 0 aliphatic heterocycles. The van der Waals surface area contributed by atoms with Gasteiger partial charge in [-0.15, -0.1) is 32.9 Å². The predicted octanol–water partition coefficient (Wildman–Crippen LogP) is 5.56. The summed E-state index contributed by atoms with van der Waals surface area (Å²) in [6, 6.07) is 1.74. The molecule has 0 aliphatic rings. The van der Waals surface area contributed by atoms with Crippen molar-refractivity contribution in [2.45, 2.75) is 59.2 Å². The number of ether oxygens (including phenoxy) is 1. The molecule has 0 saturated carbocycles. The maximum atomic E-state index is 12.6. The zero-order chi connectivity index (χ0) is 23.3. The molecule has 3 heterocycles. The van der Waals surface area contributed by atoms with Crippen molar-refractivity contribution in [3.05, 3.63) is 32.3 Å². The number of thioether (sulfide) groups is 1. The Kier molecular flexibility index (Phi) is 8.50. The SMILES string of the molecule is CCCn1c(SCC(=O)Nc2sc(C)cc2C(=O)OCC)nnc1-c1csc(C)c1CC. The van der Waals surface area contributed by atoms with Gasteiger partial charge in [-0.1, -0.05) is 25.6 Å². The van der Waals surface area contributed by atoms with Crippen LogP contribution in [0.1, 0.15) is 52.9 Å². The molecule has 0 aliphatic carbocycles. The van der Waals surface area contributed by atoms with Gasteiger partial charge >= 0.3 is 5.97 Å². The number of hydrogen-bond donors (Lipinski definition) is 1. The lowest BCUT2D eigenvalue weighted by Gasteiger charge is -2.10. The third-order valence-electron chi connectivity index (χ3n) is 4.80. The monoisotopic (exact) mass is 492 g/mol. The lowest BCUT2D eigenvalue weighted by molar-refractivity contribution is -0.113. The zero-order valence-electron chi connectivity index (χ0n) is 19.0. The molecular formula is C22H28N4O3S3. The maximum absolute atomic E-state index is 12.6. The summed E-state index contributed by atoms with van der Waals surface area (Å²) in [5.41, 5.74) is 2.82. The molecule has 0 radical (unpaired) electrons. The highest BCUT2D eigenvalue weighted by Crippen LogP contribution is 2.33. The van der Waals surface area contributed by atoms with Crippen LogP contribution in [0.25, 0.3) is 11.4 Å². The van der Waals surface area contributed by atoms with Gasteiger partial charge < -0.3 is 14.6 Å². The summed E-state index contributed by atoms with van der Waals surface area (Å²) in [7, 11) is 0. The van der Waals surface area contributed by atoms with Crippen molar-refractivity contribution in [1.29, 1.82) is 0 Å². The molecule has 0 saturated heterocycles. The number of thiophene rings is 2. The van der Waals surface area contributed by atoms with Crippen LogP contribution in [0.4, 0.5) is 5.00 Å². The van der Waals surface area contributed by atoms with Crippen molar-refractivity contribution >= 4 is 51.3 Å². The Balaban J connectivity index is 1.74. The molecule has 32 heavy (non-hydrogen) atoms. The van der Waals surface area contributed by atoms with E-state index in [-0.39, 0.29) is 18.3 Å². The van der Waals surface area contributed by atoms with Gasteiger partial charge in [0.15, 0.2) is 11.0 Å². The van der Waals surface area contributed by atoms with E-state index < -0.39 is 5.97 Å². The molecule has 3 aromatic heterocycles. The van der Waals surface area contributed by atoms with Crippen molar-refractivity contribution in [3.63, 3.8) is 0 Å². The lowest BCUT2D eigenvalue weighted by Crippen LogP contribution is -2.16. The quantitative estimate of drug-likeness (QED) is 0.294. The average Bonchev–Trinajstić information content (AvgIpc) is 3.43. The van der Waals surface area contributed by atoms with Gasteiger partial charge in [0.05, 0.1) is 17.9 Å². The molecule has 10 heteroatoms. The molecule has 1 N–H and O–H groups in total. The van der Waals surface area contributed by atoms with Gasteiger partial charge in [-0.05, 0) is 45.2 Å². The summed E-state index contributed by atoms with van der Waals surface area (Å²) in [5.74, 6) is 0.402. The van der Waals surface area contributed by atoms with E-state index in [1.54, 1.807) is 24.3 Å². The number of esters is 1. The predicted molar refractivity (Wildman–Crippen MR) is 132 cm³/mol. The number of aryl methyl sites for hydroxylation is 2. The molecule has 7 nitrogen and oxygen atoms in total. The molecule has 0 aromatic carbocycles. The Morgan fingerprint density at radius 1 is 1.22 bits per heavy atom. The first-order valence-corrected chi connectivity index (χ1v) is 13.3. The largest absolute Gasteiger partial charge is 0.462 e. The summed E-state index contributed by atoms with van der Waals surface area (Å²) in [6.07, 6.45) is 1.88. The smallest absolute Gasteiger partial charge is 0.341 e. The standard InChI is InChI=1S/C22H28N4O3S3/c1-6-9-26-19(17-11-30-14(5)15(17)7-2)24-25-22(26)31-12-18(27)23-20-16(10-13(4)32-20)21(28)29-8-3/h10-11H,6-9,12H2,1-5H3,(H,23,27). The van der Waals surface area contributed by atoms with Crippen LogP contribution < -0.4 is 5.32 Å². The Hall–Kier alpha value is -2.17. The van der Waals surface area contributed by atoms with Crippen LogP contribution in [0.15, 0.2) is 16.6 Å². The number of rotatable bonds is 10. The van der Waals surface area contributed by atoms with Crippen LogP contribution in [0.2, 0.25) is 0 Å². The number of anilines is 1. The number of hydrogen-bond acceptors (Lipinski definition) is 8. The van der Waals surface area contributed by atoms with Crippen LogP contribution in [-0.2, 0) is 22.5 Å². The first-order chi connectivity index (χ1) is 15.4. The third kappa shape index (κ3) is 5.41. The normalized spacial score (nSPS) is 11.0. The lowest BCUT2D eigenvalue weighted by atomic mass is 10.1. The Morgan fingerprint density at radius 3 is 2.69 bits per heavy atom. The third-order valence-corrected chi connectivity index (χ3v) is 7.68. The molecule has 0 fully saturated rings. The maximum Gasteiger partial charge on any atom is 0.341 e. The second-order valence-electron chi connectivity index (χ2n) is 7.15. The molecule has 0 spiro atoms. The Morgan fingerprint density at radius 2 is 2.00 bits per heavy atom. The average molecular weight is 493 g/mol. The van der Waals surface area contributed by atoms with Crippen LogP contribution in [0, 0.1) is 13.8 Å². The molecule has 172 valence electrons. The number of carbonyl (C=O) groups is 2. The van der Waals surface area contributed by atoms with E-state index in [1.807, 2.05) is 6.92 Å². The van der Waals surface area contributed by atoms with E-state index >= 15 is 0 Å². The van der Waals surface area contributed by atoms with Crippen molar-refractivity contribution in [3.8, 4) is 11.4 Å². The minimum absolute atomic E-state index is 0.171. The van der Waals surface area contributed by atoms with Gasteiger partial charge in [-0.2, -0.15) is 0 Å². The van der Waals surface area contributed by atoms with E-state index in [2.05, 4.69) is 46.2 Å². The molecule has 3 aromatic rings. The van der Waals surface area contributed by atoms with Crippen LogP contribution in [0.5, 0.6) is 0 Å². The topological polar surface area (TPSA) is 86.1 Å². The fourth-order valence-electron chi connectivity index (χ4n) is 3.39. The van der Waals surface area contributed by atoms with Crippen molar-refractivity contribution in [2.24, 2.45) is 0 Å². The molecule has 0 bridgehead atoms. The molecule has 0 atom stereocenters. The molecule has 3 rings (SSSR count). The van der Waals surface area contributed by atoms with E-state index in [4.69, 9.17) is 4.74 Å². The van der Waals surface area contributed by atoms with Gasteiger partial charge in [0.25, 0.3) is 0 Å². The number of carbonyl (C=O) groups excluding carboxylic acids is 2. The van der Waals surface area contributed by atoms with E-state index in [1.165, 1.54) is 33.5 Å². The summed E-state index contributed by atoms with van der Waals surface area (Å²) in [5, 5.41) is 15.1. The number of aromatic nitrogens is 3. The summed E-state index contributed by atoms with van der Waals surface area (Å²) in [4.78, 5) is 27.0. The first kappa shape index (κ1) is 24.5. The summed E-state index contributed by atoms with van der Waals surface area (Å²) >= 11 is 4.44. The number of amides is 1. The minimum atomic E-state index is -0.426. The number of nitrogens with one attached hydrogen (secondary N) is 1. The number of nitrogens with zero attached hydrogens (tertiary/aromatic N) is 3. The van der Waals surface area contributed by atoms with Crippen molar-refractivity contribution in [2.75, 3.05) is 17.7 Å². The van der Waals surface area contributed by atoms with E-state index in [0.717, 1.165) is 40.8 Å². The first-order valence-electron chi connectivity index (χ1n) is 10.6. The highest BCUT2D eigenvalue weighted by molar-refractivity contribution is 7.99. The van der Waals surface area contributed by atoms with Crippen molar-refractivity contribution < 1.29 is 14.3 Å². The molecule has 1 amide bonds. The Bertz CT molecular complexity index is 1100. The summed E-state index contributed by atoms with van der Waals surface area (Å²) in [6.45, 7) is 11.1. The second-order valence-corrected chi connectivity index (χ2v) is 10.4. The highest BCUT2D eigenvalue weighted by Gasteiger charge is 2.21. The fraction of sp³-hybridized carbons (Fsp3) is 0.455. The van der Waals surface area contributed by atoms with E-state index in [9.17, 15) is 9.59 Å². The van der Waals surface area contributed by atoms with Gasteiger partial charge in [-0.25, -0.2) is 4.79 Å². The van der Waals surface area contributed by atoms with Crippen LogP contribution in [-0.4, -0.2) is 39.0 Å². The minimum Gasteiger partial charge on any atom is -0.462 e. The zero-order valence-corrected chi connectivity index (χ0v) is 21.4. The second kappa shape index (κ2) is 11.1. The van der Waals surface area contributed by atoms with E-state index in [0.29, 0.717) is 10.6 Å².